The van der Waals surface area contributed by atoms with E-state index in [0.717, 1.165) is 48.7 Å². The van der Waals surface area contributed by atoms with Crippen molar-refractivity contribution in [3.63, 3.8) is 0 Å². The molecule has 77 heavy (non-hydrogen) atoms. The molecule has 0 saturated carbocycles. The maximum absolute atomic E-state index is 13.6. The highest BCUT2D eigenvalue weighted by atomic mass is 32.2. The van der Waals surface area contributed by atoms with Gasteiger partial charge in [0, 0.05) is 23.0 Å². The molecule has 0 rings (SSSR count). The van der Waals surface area contributed by atoms with Gasteiger partial charge in [-0.15, -0.1) is 0 Å². The number of hydrogen-bond acceptors (Lipinski definition) is 12. The third-order valence-corrected chi connectivity index (χ3v) is 18.8. The van der Waals surface area contributed by atoms with Crippen molar-refractivity contribution in [2.45, 2.75) is 335 Å². The zero-order valence-electron chi connectivity index (χ0n) is 51.1. The molecule has 0 aliphatic carbocycles. The molecule has 0 radical (unpaired) electrons. The Balaban J connectivity index is 5.50. The van der Waals surface area contributed by atoms with E-state index in [1.54, 1.807) is 54.0 Å². The van der Waals surface area contributed by atoms with Gasteiger partial charge in [-0.3, -0.25) is 19.2 Å². The molecule has 0 aromatic carbocycles. The molecule has 0 aromatic rings. The molecule has 0 spiro atoms. The lowest BCUT2D eigenvalue weighted by molar-refractivity contribution is -0.190. The molecule has 3 unspecified atom stereocenters. The zero-order valence-corrected chi connectivity index (χ0v) is 54.4. The van der Waals surface area contributed by atoms with Crippen molar-refractivity contribution in [3.8, 4) is 0 Å². The molecular weight excluding hydrogens is 1040 g/mol. The number of rotatable bonds is 63. The molecule has 0 saturated heterocycles. The molecule has 8 nitrogen and oxygen atoms in total. The Morgan fingerprint density at radius 1 is 0.286 bits per heavy atom. The Hall–Kier alpha value is -0.720. The third-order valence-electron chi connectivity index (χ3n) is 14.5. The van der Waals surface area contributed by atoms with Gasteiger partial charge in [0.1, 0.15) is 12.7 Å². The number of hydrogen-bond donors (Lipinski definition) is 0. The monoisotopic (exact) mass is 1160 g/mol. The van der Waals surface area contributed by atoms with E-state index in [4.69, 9.17) is 18.9 Å². The number of thioether (sulfide) groups is 4. The minimum Gasteiger partial charge on any atom is -0.462 e. The Bertz CT molecular complexity index is 1280. The Morgan fingerprint density at radius 3 is 0.805 bits per heavy atom. The van der Waals surface area contributed by atoms with Crippen LogP contribution in [0.4, 0.5) is 0 Å². The number of esters is 4. The van der Waals surface area contributed by atoms with Gasteiger partial charge < -0.3 is 18.9 Å². The Kier molecular flexibility index (Phi) is 62.3. The molecule has 456 valence electrons. The van der Waals surface area contributed by atoms with E-state index in [0.29, 0.717) is 23.0 Å². The summed E-state index contributed by atoms with van der Waals surface area (Å²) in [6, 6.07) is 0. The lowest BCUT2D eigenvalue weighted by Crippen LogP contribution is -2.47. The van der Waals surface area contributed by atoms with Crippen LogP contribution in [0.2, 0.25) is 0 Å². The largest absolute Gasteiger partial charge is 0.462 e. The molecule has 0 heterocycles. The van der Waals surface area contributed by atoms with Crippen LogP contribution in [0.15, 0.2) is 0 Å². The third kappa shape index (κ3) is 56.9. The second-order valence-electron chi connectivity index (χ2n) is 22.0. The summed E-state index contributed by atoms with van der Waals surface area (Å²) in [7, 11) is 0. The van der Waals surface area contributed by atoms with E-state index in [-0.39, 0.29) is 44.2 Å². The average Bonchev–Trinajstić information content (AvgIpc) is 3.42. The first-order valence-electron chi connectivity index (χ1n) is 32.8. The first kappa shape index (κ1) is 76.3. The summed E-state index contributed by atoms with van der Waals surface area (Å²) in [6.45, 7) is 10.5. The van der Waals surface area contributed by atoms with Crippen LogP contribution >= 0.6 is 47.0 Å². The van der Waals surface area contributed by atoms with Crippen LogP contribution < -0.4 is 0 Å². The maximum Gasteiger partial charge on any atom is 0.307 e. The van der Waals surface area contributed by atoms with Gasteiger partial charge in [-0.05, 0) is 55.6 Å². The molecule has 12 heteroatoms. The van der Waals surface area contributed by atoms with Gasteiger partial charge in [0.25, 0.3) is 0 Å². The molecule has 0 aliphatic rings. The van der Waals surface area contributed by atoms with Crippen molar-refractivity contribution in [3.05, 3.63) is 0 Å². The van der Waals surface area contributed by atoms with Crippen molar-refractivity contribution in [2.75, 3.05) is 52.6 Å². The fraction of sp³-hybridized carbons (Fsp3) is 0.938. The van der Waals surface area contributed by atoms with E-state index < -0.39 is 30.3 Å². The van der Waals surface area contributed by atoms with Crippen LogP contribution in [0.3, 0.4) is 0 Å². The number of unbranched alkanes of at least 4 members (excludes halogenated alkanes) is 36. The van der Waals surface area contributed by atoms with Crippen molar-refractivity contribution < 1.29 is 38.1 Å². The predicted octanol–water partition coefficient (Wildman–Crippen LogP) is 20.5. The summed E-state index contributed by atoms with van der Waals surface area (Å²) in [5.41, 5.74) is 0. The lowest BCUT2D eigenvalue weighted by atomic mass is 10.1. The molecular formula is C65H124O8S4. The summed E-state index contributed by atoms with van der Waals surface area (Å²) in [5.74, 6) is 4.87. The Morgan fingerprint density at radius 2 is 0.519 bits per heavy atom. The first-order valence-corrected chi connectivity index (χ1v) is 37.5. The second-order valence-corrected chi connectivity index (χ2v) is 26.9. The van der Waals surface area contributed by atoms with Crippen LogP contribution in [0.25, 0.3) is 0 Å². The minimum absolute atomic E-state index is 0.182. The molecule has 0 amide bonds. The predicted molar refractivity (Wildman–Crippen MR) is 341 cm³/mol. The summed E-state index contributed by atoms with van der Waals surface area (Å²) in [4.78, 5) is 53.7. The van der Waals surface area contributed by atoms with Crippen LogP contribution in [-0.4, -0.2) is 94.8 Å². The summed E-state index contributed by atoms with van der Waals surface area (Å²) in [5, 5.41) is 0. The minimum atomic E-state index is -1.13. The topological polar surface area (TPSA) is 105 Å². The van der Waals surface area contributed by atoms with E-state index in [1.165, 1.54) is 231 Å². The SMILES string of the molecule is CCCCCCCCCCCCSCCC(=O)OCC(OC(=O)CCSCCCCCCCCCCCC)C(OC(=O)CCSCCCCCCCCCCCC)C(C)OC(=O)CCSCCCCCCCCCCCC. The van der Waals surface area contributed by atoms with Crippen molar-refractivity contribution >= 4 is 70.9 Å². The van der Waals surface area contributed by atoms with Gasteiger partial charge in [-0.2, -0.15) is 47.0 Å². The van der Waals surface area contributed by atoms with E-state index >= 15 is 0 Å². The highest BCUT2D eigenvalue weighted by molar-refractivity contribution is 7.99. The van der Waals surface area contributed by atoms with Crippen LogP contribution in [0.1, 0.15) is 317 Å². The molecule has 0 fully saturated rings. The van der Waals surface area contributed by atoms with E-state index in [1.807, 2.05) is 0 Å². The Labute approximate surface area is 494 Å². The van der Waals surface area contributed by atoms with Gasteiger partial charge >= 0.3 is 23.9 Å². The normalized spacial score (nSPS) is 12.6. The van der Waals surface area contributed by atoms with Gasteiger partial charge in [0.15, 0.2) is 12.2 Å². The van der Waals surface area contributed by atoms with Gasteiger partial charge in [0.05, 0.1) is 25.7 Å². The van der Waals surface area contributed by atoms with E-state index in [2.05, 4.69) is 27.7 Å². The van der Waals surface area contributed by atoms with E-state index in [9.17, 15) is 19.2 Å². The highest BCUT2D eigenvalue weighted by Gasteiger charge is 2.37. The molecule has 0 aromatic heterocycles. The fourth-order valence-electron chi connectivity index (χ4n) is 9.49. The average molecular weight is 1160 g/mol. The lowest BCUT2D eigenvalue weighted by Gasteiger charge is -2.30. The quantitative estimate of drug-likeness (QED) is 0.0329. The fourth-order valence-corrected chi connectivity index (χ4v) is 13.2. The molecule has 0 aliphatic heterocycles. The molecule has 0 bridgehead atoms. The van der Waals surface area contributed by atoms with Gasteiger partial charge in [-0.1, -0.05) is 259 Å². The number of ether oxygens (including phenoxy) is 4. The van der Waals surface area contributed by atoms with Crippen molar-refractivity contribution in [1.29, 1.82) is 0 Å². The first-order chi connectivity index (χ1) is 37.8. The highest BCUT2D eigenvalue weighted by Crippen LogP contribution is 2.21. The summed E-state index contributed by atoms with van der Waals surface area (Å²) < 4.78 is 24.0. The van der Waals surface area contributed by atoms with Crippen LogP contribution in [0, 0.1) is 0 Å². The van der Waals surface area contributed by atoms with Gasteiger partial charge in [0.2, 0.25) is 0 Å². The van der Waals surface area contributed by atoms with Crippen LogP contribution in [-0.2, 0) is 38.1 Å². The molecule has 3 atom stereocenters. The number of carbonyl (C=O) groups excluding carboxylic acids is 4. The zero-order chi connectivity index (χ0) is 56.2. The summed E-state index contributed by atoms with van der Waals surface area (Å²) in [6.07, 6.45) is 49.4. The van der Waals surface area contributed by atoms with Crippen LogP contribution in [0.5, 0.6) is 0 Å². The van der Waals surface area contributed by atoms with Gasteiger partial charge in [-0.25, -0.2) is 0 Å². The van der Waals surface area contributed by atoms with Crippen molar-refractivity contribution in [2.24, 2.45) is 0 Å². The number of carbonyl (C=O) groups is 4. The smallest absolute Gasteiger partial charge is 0.307 e. The standard InChI is InChI=1S/C65H124O8S4/c1-6-10-14-18-22-26-30-34-38-42-50-74-54-46-61(66)70-58-60(72-63(68)48-56-76-52-44-40-36-32-28-24-20-16-12-8-3)65(73-64(69)49-57-77-53-45-41-37-33-29-25-21-17-13-9-4)59(5)71-62(67)47-55-75-51-43-39-35-31-27-23-19-15-11-7-2/h59-60,65H,6-58H2,1-5H3. The second kappa shape index (κ2) is 62.9. The van der Waals surface area contributed by atoms with Crippen molar-refractivity contribution in [1.82, 2.24) is 0 Å². The molecule has 0 N–H and O–H groups in total. The summed E-state index contributed by atoms with van der Waals surface area (Å²) >= 11 is 7.05. The maximum atomic E-state index is 13.6.